The molecule has 0 spiro atoms. The number of nitrogens with one attached hydrogen (secondary N) is 3. The van der Waals surface area contributed by atoms with E-state index in [0.717, 1.165) is 0 Å². The summed E-state index contributed by atoms with van der Waals surface area (Å²) in [6.45, 7) is 1.53. The van der Waals surface area contributed by atoms with Crippen LogP contribution in [0, 0.1) is 0 Å². The molecule has 0 saturated heterocycles. The minimum Gasteiger partial charge on any atom is -0.480 e. The van der Waals surface area contributed by atoms with E-state index >= 15 is 0 Å². The van der Waals surface area contributed by atoms with Gasteiger partial charge in [0.05, 0.1) is 6.04 Å². The Kier molecular flexibility index (Phi) is 14.5. The van der Waals surface area contributed by atoms with E-state index in [1.165, 1.54) is 18.7 Å². The first-order valence-corrected chi connectivity index (χ1v) is 11.6. The number of guanidine groups is 1. The minimum absolute atomic E-state index is 0.103. The van der Waals surface area contributed by atoms with E-state index in [1.54, 1.807) is 0 Å². The maximum atomic E-state index is 12.8. The molecule has 0 aromatic heterocycles. The highest BCUT2D eigenvalue weighted by Gasteiger charge is 2.28. The Labute approximate surface area is 191 Å². The van der Waals surface area contributed by atoms with Gasteiger partial charge in [0.1, 0.15) is 18.1 Å². The van der Waals surface area contributed by atoms with Gasteiger partial charge in [-0.25, -0.2) is 0 Å². The fraction of sp³-hybridized carbons (Fsp3) is 0.706. The molecule has 0 saturated carbocycles. The highest BCUT2D eigenvalue weighted by Crippen LogP contribution is 2.05. The zero-order valence-electron chi connectivity index (χ0n) is 17.7. The van der Waals surface area contributed by atoms with E-state index in [9.17, 15) is 19.2 Å². The van der Waals surface area contributed by atoms with E-state index in [2.05, 4.69) is 33.6 Å². The lowest BCUT2D eigenvalue weighted by Gasteiger charge is -2.24. The molecule has 14 heteroatoms. The van der Waals surface area contributed by atoms with Crippen LogP contribution in [0.5, 0.6) is 0 Å². The van der Waals surface area contributed by atoms with Crippen molar-refractivity contribution in [2.75, 3.05) is 24.3 Å². The molecule has 0 aliphatic heterocycles. The second kappa shape index (κ2) is 15.6. The van der Waals surface area contributed by atoms with E-state index in [4.69, 9.17) is 22.3 Å². The van der Waals surface area contributed by atoms with Crippen LogP contribution in [0.15, 0.2) is 4.99 Å². The van der Waals surface area contributed by atoms with Crippen LogP contribution in [0.25, 0.3) is 0 Å². The van der Waals surface area contributed by atoms with Crippen molar-refractivity contribution in [3.8, 4) is 0 Å². The van der Waals surface area contributed by atoms with Crippen molar-refractivity contribution in [1.29, 1.82) is 0 Å². The predicted molar refractivity (Wildman–Crippen MR) is 124 cm³/mol. The van der Waals surface area contributed by atoms with Crippen molar-refractivity contribution in [3.05, 3.63) is 0 Å². The van der Waals surface area contributed by atoms with Gasteiger partial charge in [0.15, 0.2) is 5.96 Å². The summed E-state index contributed by atoms with van der Waals surface area (Å²) in [5, 5.41) is 16.5. The number of rotatable bonds is 15. The number of hydrogen-bond acceptors (Lipinski definition) is 8. The van der Waals surface area contributed by atoms with Gasteiger partial charge in [0.25, 0.3) is 0 Å². The molecule has 0 rings (SSSR count). The molecule has 0 aliphatic rings. The number of nitrogens with zero attached hydrogens (tertiary/aromatic N) is 1. The summed E-state index contributed by atoms with van der Waals surface area (Å²) >= 11 is 5.46. The Morgan fingerprint density at radius 3 is 2.10 bits per heavy atom. The van der Waals surface area contributed by atoms with Crippen LogP contribution in [0.1, 0.15) is 26.2 Å². The first-order chi connectivity index (χ1) is 14.5. The SMILES string of the molecule is CSCCC(NC(=O)C(N)CS)C(=O)NC(CCCN=C(N)N)C(=O)NC(C)C(=O)O. The summed E-state index contributed by atoms with van der Waals surface area (Å²) in [6.07, 6.45) is 2.67. The summed E-state index contributed by atoms with van der Waals surface area (Å²) in [6, 6.07) is -4.00. The van der Waals surface area contributed by atoms with Crippen LogP contribution in [-0.2, 0) is 19.2 Å². The Morgan fingerprint density at radius 1 is 1.03 bits per heavy atom. The quantitative estimate of drug-likeness (QED) is 0.0543. The minimum atomic E-state index is -1.22. The van der Waals surface area contributed by atoms with Gasteiger partial charge in [-0.05, 0) is 38.2 Å². The van der Waals surface area contributed by atoms with Crippen LogP contribution in [-0.4, -0.2) is 83.2 Å². The van der Waals surface area contributed by atoms with Gasteiger partial charge in [-0.1, -0.05) is 0 Å². The molecular formula is C17H33N7O5S2. The normalized spacial score (nSPS) is 14.5. The zero-order valence-corrected chi connectivity index (χ0v) is 19.4. The van der Waals surface area contributed by atoms with Crippen molar-refractivity contribution < 1.29 is 24.3 Å². The number of thiol groups is 1. The van der Waals surface area contributed by atoms with Gasteiger partial charge in [-0.15, -0.1) is 0 Å². The fourth-order valence-corrected chi connectivity index (χ4v) is 2.92. The van der Waals surface area contributed by atoms with E-state index < -0.39 is 47.9 Å². The number of carbonyl (C=O) groups is 4. The molecule has 0 aliphatic carbocycles. The summed E-state index contributed by atoms with van der Waals surface area (Å²) in [7, 11) is 0. The molecule has 31 heavy (non-hydrogen) atoms. The summed E-state index contributed by atoms with van der Waals surface area (Å²) in [4.78, 5) is 52.3. The van der Waals surface area contributed by atoms with E-state index in [0.29, 0.717) is 18.6 Å². The van der Waals surface area contributed by atoms with Crippen LogP contribution in [0.4, 0.5) is 0 Å². The molecule has 0 aromatic rings. The Bertz CT molecular complexity index is 646. The molecule has 0 aromatic carbocycles. The Morgan fingerprint density at radius 2 is 1.58 bits per heavy atom. The van der Waals surface area contributed by atoms with Crippen LogP contribution in [0.3, 0.4) is 0 Å². The molecule has 4 unspecified atom stereocenters. The number of nitrogens with two attached hydrogens (primary N) is 3. The standard InChI is InChI=1S/C17H33N7O5S2/c1-9(16(28)29)22-14(26)11(4-3-6-21-17(19)20)24-15(27)12(5-7-31-2)23-13(25)10(18)8-30/h9-12,30H,3-8,18H2,1-2H3,(H,22,26)(H,23,25)(H,24,27)(H,28,29)(H4,19,20,21). The molecule has 4 atom stereocenters. The molecule has 12 nitrogen and oxygen atoms in total. The van der Waals surface area contributed by atoms with Crippen molar-refractivity contribution in [2.24, 2.45) is 22.2 Å². The van der Waals surface area contributed by atoms with Gasteiger partial charge in [-0.3, -0.25) is 24.2 Å². The third-order valence-corrected chi connectivity index (χ3v) is 5.12. The molecule has 0 heterocycles. The van der Waals surface area contributed by atoms with Crippen LogP contribution >= 0.6 is 24.4 Å². The van der Waals surface area contributed by atoms with E-state index in [-0.39, 0.29) is 24.7 Å². The topological polar surface area (TPSA) is 215 Å². The van der Waals surface area contributed by atoms with Gasteiger partial charge in [0.2, 0.25) is 17.7 Å². The summed E-state index contributed by atoms with van der Waals surface area (Å²) in [5.41, 5.74) is 16.2. The highest BCUT2D eigenvalue weighted by molar-refractivity contribution is 7.98. The number of hydrogen-bond donors (Lipinski definition) is 8. The van der Waals surface area contributed by atoms with Gasteiger partial charge < -0.3 is 38.3 Å². The molecule has 0 bridgehead atoms. The molecule has 178 valence electrons. The Hall–Kier alpha value is -2.19. The van der Waals surface area contributed by atoms with Gasteiger partial charge in [0, 0.05) is 12.3 Å². The third kappa shape index (κ3) is 12.3. The Balaban J connectivity index is 5.33. The fourth-order valence-electron chi connectivity index (χ4n) is 2.29. The lowest BCUT2D eigenvalue weighted by atomic mass is 10.1. The van der Waals surface area contributed by atoms with Crippen LogP contribution in [0.2, 0.25) is 0 Å². The zero-order chi connectivity index (χ0) is 24.0. The number of thioether (sulfide) groups is 1. The molecule has 10 N–H and O–H groups in total. The maximum absolute atomic E-state index is 12.8. The van der Waals surface area contributed by atoms with Crippen molar-refractivity contribution in [1.82, 2.24) is 16.0 Å². The average molecular weight is 480 g/mol. The molecule has 0 fully saturated rings. The van der Waals surface area contributed by atoms with Crippen molar-refractivity contribution >= 4 is 54.0 Å². The molecule has 3 amide bonds. The third-order valence-electron chi connectivity index (χ3n) is 4.08. The van der Waals surface area contributed by atoms with Crippen molar-refractivity contribution in [3.63, 3.8) is 0 Å². The summed E-state index contributed by atoms with van der Waals surface area (Å²) in [5.74, 6) is -2.44. The lowest BCUT2D eigenvalue weighted by molar-refractivity contribution is -0.141. The molecule has 0 radical (unpaired) electrons. The van der Waals surface area contributed by atoms with E-state index in [1.807, 2.05) is 6.26 Å². The lowest BCUT2D eigenvalue weighted by Crippen LogP contribution is -2.57. The first-order valence-electron chi connectivity index (χ1n) is 9.58. The number of carbonyl (C=O) groups excluding carboxylic acids is 3. The summed E-state index contributed by atoms with van der Waals surface area (Å²) < 4.78 is 0. The number of aliphatic carboxylic acids is 1. The number of carboxylic acid groups (broad SMARTS) is 1. The second-order valence-corrected chi connectivity index (χ2v) is 8.06. The predicted octanol–water partition coefficient (Wildman–Crippen LogP) is -2.39. The smallest absolute Gasteiger partial charge is 0.325 e. The van der Waals surface area contributed by atoms with Crippen LogP contribution < -0.4 is 33.2 Å². The van der Waals surface area contributed by atoms with Gasteiger partial charge in [-0.2, -0.15) is 24.4 Å². The number of carboxylic acids is 1. The highest BCUT2D eigenvalue weighted by atomic mass is 32.2. The first kappa shape index (κ1) is 28.8. The van der Waals surface area contributed by atoms with Gasteiger partial charge >= 0.3 is 5.97 Å². The number of aliphatic imine (C=N–C) groups is 1. The maximum Gasteiger partial charge on any atom is 0.325 e. The number of amides is 3. The second-order valence-electron chi connectivity index (χ2n) is 6.71. The van der Waals surface area contributed by atoms with Crippen molar-refractivity contribution in [2.45, 2.75) is 50.4 Å². The molecular weight excluding hydrogens is 446 g/mol. The monoisotopic (exact) mass is 479 g/mol. The largest absolute Gasteiger partial charge is 0.480 e. The average Bonchev–Trinajstić information content (AvgIpc) is 2.71.